The predicted molar refractivity (Wildman–Crippen MR) is 114 cm³/mol. The van der Waals surface area contributed by atoms with E-state index in [0.717, 1.165) is 11.1 Å². The lowest BCUT2D eigenvalue weighted by molar-refractivity contribution is 0.272. The van der Waals surface area contributed by atoms with Crippen molar-refractivity contribution in [1.82, 2.24) is 8.61 Å². The number of nitrogens with zero attached hydrogens (tertiary/aromatic N) is 2. The van der Waals surface area contributed by atoms with Crippen LogP contribution in [0.1, 0.15) is 27.8 Å². The number of hydrogen-bond donors (Lipinski definition) is 0. The highest BCUT2D eigenvalue weighted by Crippen LogP contribution is 2.28. The first-order valence-electron chi connectivity index (χ1n) is 9.60. The molecule has 0 amide bonds. The number of aryl methyl sites for hydroxylation is 5. The summed E-state index contributed by atoms with van der Waals surface area (Å²) >= 11 is 0. The molecule has 0 N–H and O–H groups in total. The molecule has 0 aliphatic carbocycles. The Hall–Kier alpha value is -1.74. The van der Waals surface area contributed by atoms with E-state index in [9.17, 15) is 16.8 Å². The van der Waals surface area contributed by atoms with Gasteiger partial charge in [-0.1, -0.05) is 29.8 Å². The zero-order valence-electron chi connectivity index (χ0n) is 17.6. The molecular weight excluding hydrogens is 408 g/mol. The molecule has 1 saturated heterocycles. The molecule has 0 bridgehead atoms. The summed E-state index contributed by atoms with van der Waals surface area (Å²) in [4.78, 5) is 0.618. The van der Waals surface area contributed by atoms with Crippen LogP contribution in [0.25, 0.3) is 0 Å². The van der Waals surface area contributed by atoms with E-state index in [1.165, 1.54) is 8.61 Å². The van der Waals surface area contributed by atoms with Crippen molar-refractivity contribution < 1.29 is 16.8 Å². The smallest absolute Gasteiger partial charge is 0.207 e. The van der Waals surface area contributed by atoms with Gasteiger partial charge >= 0.3 is 0 Å². The average molecular weight is 437 g/mol. The van der Waals surface area contributed by atoms with Crippen LogP contribution in [0.3, 0.4) is 0 Å². The Labute approximate surface area is 174 Å². The van der Waals surface area contributed by atoms with E-state index >= 15 is 0 Å². The highest BCUT2D eigenvalue weighted by Gasteiger charge is 2.35. The zero-order chi connectivity index (χ0) is 21.6. The average Bonchev–Trinajstić information content (AvgIpc) is 2.62. The molecule has 2 aromatic rings. The summed E-state index contributed by atoms with van der Waals surface area (Å²) in [7, 11) is -7.34. The molecule has 0 spiro atoms. The summed E-state index contributed by atoms with van der Waals surface area (Å²) in [5.41, 5.74) is 4.02. The van der Waals surface area contributed by atoms with Gasteiger partial charge in [0.15, 0.2) is 0 Å². The molecule has 1 aliphatic rings. The first-order valence-corrected chi connectivity index (χ1v) is 12.5. The second-order valence-electron chi connectivity index (χ2n) is 7.80. The van der Waals surface area contributed by atoms with Gasteiger partial charge in [0.2, 0.25) is 20.0 Å². The molecule has 1 fully saturated rings. The van der Waals surface area contributed by atoms with Crippen LogP contribution in [0.4, 0.5) is 0 Å². The Morgan fingerprint density at radius 1 is 0.621 bits per heavy atom. The van der Waals surface area contributed by atoms with E-state index in [0.29, 0.717) is 26.5 Å². The van der Waals surface area contributed by atoms with E-state index in [1.54, 1.807) is 32.9 Å². The molecule has 1 aliphatic heterocycles. The van der Waals surface area contributed by atoms with Gasteiger partial charge in [-0.15, -0.1) is 0 Å². The molecule has 0 saturated carbocycles. The number of benzene rings is 2. The van der Waals surface area contributed by atoms with Crippen LogP contribution in [0.2, 0.25) is 0 Å². The SMILES string of the molecule is Cc1cc(C)c(S(=O)(=O)N2CCN(S(=O)(=O)c3cc(C)ccc3C)CC2)c(C)c1. The molecule has 0 radical (unpaired) electrons. The first kappa shape index (κ1) is 22.0. The van der Waals surface area contributed by atoms with Gasteiger partial charge in [0.05, 0.1) is 9.79 Å². The van der Waals surface area contributed by atoms with Gasteiger partial charge in [-0.25, -0.2) is 16.8 Å². The van der Waals surface area contributed by atoms with Crippen LogP contribution in [0.5, 0.6) is 0 Å². The van der Waals surface area contributed by atoms with Crippen LogP contribution in [-0.2, 0) is 20.0 Å². The van der Waals surface area contributed by atoms with Crippen LogP contribution < -0.4 is 0 Å². The van der Waals surface area contributed by atoms with E-state index in [2.05, 4.69) is 0 Å². The number of rotatable bonds is 4. The van der Waals surface area contributed by atoms with Crippen molar-refractivity contribution in [3.8, 4) is 0 Å². The molecule has 0 aromatic heterocycles. The van der Waals surface area contributed by atoms with Gasteiger partial charge in [0.1, 0.15) is 0 Å². The Bertz CT molecular complexity index is 1120. The molecule has 8 heteroatoms. The molecule has 158 valence electrons. The lowest BCUT2D eigenvalue weighted by Crippen LogP contribution is -2.50. The maximum atomic E-state index is 13.2. The second kappa shape index (κ2) is 7.83. The Kier molecular flexibility index (Phi) is 5.93. The third kappa shape index (κ3) is 4.12. The van der Waals surface area contributed by atoms with Gasteiger partial charge in [-0.05, 0) is 62.9 Å². The highest BCUT2D eigenvalue weighted by molar-refractivity contribution is 7.89. The summed E-state index contributed by atoms with van der Waals surface area (Å²) < 4.78 is 55.4. The minimum Gasteiger partial charge on any atom is -0.207 e. The van der Waals surface area contributed by atoms with Crippen molar-refractivity contribution >= 4 is 20.0 Å². The maximum Gasteiger partial charge on any atom is 0.243 e. The fraction of sp³-hybridized carbons (Fsp3) is 0.429. The Balaban J connectivity index is 1.84. The standard InChI is InChI=1S/C21H28N2O4S2/c1-15-6-7-17(3)20(14-15)28(24,25)22-8-10-23(11-9-22)29(26,27)21-18(4)12-16(2)13-19(21)5/h6-7,12-14H,8-11H2,1-5H3. The van der Waals surface area contributed by atoms with Gasteiger partial charge in [-0.3, -0.25) is 0 Å². The topological polar surface area (TPSA) is 74.8 Å². The zero-order valence-corrected chi connectivity index (χ0v) is 19.2. The van der Waals surface area contributed by atoms with E-state index in [-0.39, 0.29) is 26.2 Å². The minimum atomic E-state index is -3.68. The van der Waals surface area contributed by atoms with Crippen molar-refractivity contribution in [2.24, 2.45) is 0 Å². The maximum absolute atomic E-state index is 13.2. The number of sulfonamides is 2. The van der Waals surface area contributed by atoms with E-state index < -0.39 is 20.0 Å². The highest BCUT2D eigenvalue weighted by atomic mass is 32.2. The molecule has 6 nitrogen and oxygen atoms in total. The van der Waals surface area contributed by atoms with Gasteiger partial charge < -0.3 is 0 Å². The van der Waals surface area contributed by atoms with Crippen molar-refractivity contribution in [3.63, 3.8) is 0 Å². The Morgan fingerprint density at radius 2 is 1.10 bits per heavy atom. The van der Waals surface area contributed by atoms with Gasteiger partial charge in [-0.2, -0.15) is 8.61 Å². The molecule has 2 aromatic carbocycles. The molecule has 29 heavy (non-hydrogen) atoms. The summed E-state index contributed by atoms with van der Waals surface area (Å²) in [6.45, 7) is 9.72. The van der Waals surface area contributed by atoms with E-state index in [1.807, 2.05) is 32.0 Å². The monoisotopic (exact) mass is 436 g/mol. The fourth-order valence-electron chi connectivity index (χ4n) is 3.98. The summed E-state index contributed by atoms with van der Waals surface area (Å²) in [5, 5.41) is 0. The molecule has 1 heterocycles. The number of hydrogen-bond acceptors (Lipinski definition) is 4. The molecular formula is C21H28N2O4S2. The third-order valence-electron chi connectivity index (χ3n) is 5.36. The lowest BCUT2D eigenvalue weighted by Gasteiger charge is -2.34. The largest absolute Gasteiger partial charge is 0.243 e. The predicted octanol–water partition coefficient (Wildman–Crippen LogP) is 2.92. The molecule has 0 atom stereocenters. The Morgan fingerprint density at radius 3 is 1.62 bits per heavy atom. The van der Waals surface area contributed by atoms with Gasteiger partial charge in [0, 0.05) is 26.2 Å². The summed E-state index contributed by atoms with van der Waals surface area (Å²) in [6.07, 6.45) is 0. The minimum absolute atomic E-state index is 0.138. The van der Waals surface area contributed by atoms with Crippen molar-refractivity contribution in [3.05, 3.63) is 58.1 Å². The quantitative estimate of drug-likeness (QED) is 0.739. The van der Waals surface area contributed by atoms with Crippen molar-refractivity contribution in [1.29, 1.82) is 0 Å². The van der Waals surface area contributed by atoms with Crippen LogP contribution in [0, 0.1) is 34.6 Å². The second-order valence-corrected chi connectivity index (χ2v) is 11.6. The van der Waals surface area contributed by atoms with Crippen molar-refractivity contribution in [2.45, 2.75) is 44.4 Å². The van der Waals surface area contributed by atoms with Crippen LogP contribution in [-0.4, -0.2) is 51.6 Å². The molecule has 3 rings (SSSR count). The summed E-state index contributed by atoms with van der Waals surface area (Å²) in [5.74, 6) is 0. The van der Waals surface area contributed by atoms with Gasteiger partial charge in [0.25, 0.3) is 0 Å². The van der Waals surface area contributed by atoms with E-state index in [4.69, 9.17) is 0 Å². The molecule has 0 unspecified atom stereocenters. The number of piperazine rings is 1. The fourth-order valence-corrected chi connectivity index (χ4v) is 7.54. The van der Waals surface area contributed by atoms with Crippen LogP contribution >= 0.6 is 0 Å². The van der Waals surface area contributed by atoms with Crippen molar-refractivity contribution in [2.75, 3.05) is 26.2 Å². The first-order chi connectivity index (χ1) is 13.4. The summed E-state index contributed by atoms with van der Waals surface area (Å²) in [6, 6.07) is 9.08. The normalized spacial score (nSPS) is 16.9. The third-order valence-corrected chi connectivity index (χ3v) is 9.61. The lowest BCUT2D eigenvalue weighted by atomic mass is 10.1. The van der Waals surface area contributed by atoms with Crippen LogP contribution in [0.15, 0.2) is 40.1 Å².